The van der Waals surface area contributed by atoms with E-state index >= 15 is 0 Å². The fourth-order valence-corrected chi connectivity index (χ4v) is 0.139. The average molecular weight is 100 g/mol. The maximum atomic E-state index is 8.45. The second-order valence-electron chi connectivity index (χ2n) is 1.35. The molecule has 0 radical (unpaired) electrons. The van der Waals surface area contributed by atoms with Gasteiger partial charge in [0.15, 0.2) is 0 Å². The van der Waals surface area contributed by atoms with E-state index < -0.39 is 12.2 Å². The Hall–Kier alpha value is -0.520. The number of terminal acetylenes is 1. The predicted molar refractivity (Wildman–Crippen MR) is 26.5 cm³/mol. The lowest BCUT2D eigenvalue weighted by atomic mass is 10.2. The molecule has 7 heavy (non-hydrogen) atoms. The first-order valence-corrected chi connectivity index (χ1v) is 2.00. The lowest BCUT2D eigenvalue weighted by Gasteiger charge is -2.03. The van der Waals surface area contributed by atoms with Gasteiger partial charge < -0.3 is 10.2 Å². The maximum absolute atomic E-state index is 8.45. The monoisotopic (exact) mass is 100 g/mol. The van der Waals surface area contributed by atoms with Crippen LogP contribution in [0.5, 0.6) is 0 Å². The minimum Gasteiger partial charge on any atom is -0.390 e. The van der Waals surface area contributed by atoms with E-state index in [1.54, 1.807) is 0 Å². The lowest BCUT2D eigenvalue weighted by Crippen LogP contribution is -2.19. The van der Waals surface area contributed by atoms with Crippen LogP contribution < -0.4 is 0 Å². The molecule has 0 saturated carbocycles. The van der Waals surface area contributed by atoms with Gasteiger partial charge in [-0.15, -0.1) is 6.42 Å². The molecule has 0 bridgehead atoms. The molecule has 2 nitrogen and oxygen atoms in total. The van der Waals surface area contributed by atoms with Gasteiger partial charge in [0.2, 0.25) is 0 Å². The minimum atomic E-state index is -1.01. The summed E-state index contributed by atoms with van der Waals surface area (Å²) in [5, 5.41) is 16.9. The fraction of sp³-hybridized carbons (Fsp3) is 0.600. The van der Waals surface area contributed by atoms with Crippen LogP contribution in [0.4, 0.5) is 0 Å². The largest absolute Gasteiger partial charge is 0.390 e. The Balaban J connectivity index is 3.40. The molecule has 0 aromatic heterocycles. The molecule has 2 N–H and O–H groups in total. The van der Waals surface area contributed by atoms with Gasteiger partial charge in [0.1, 0.15) is 6.10 Å². The quantitative estimate of drug-likeness (QED) is 0.430. The summed E-state index contributed by atoms with van der Waals surface area (Å²) in [7, 11) is 0. The van der Waals surface area contributed by atoms with E-state index in [0.717, 1.165) is 0 Å². The van der Waals surface area contributed by atoms with Gasteiger partial charge in [-0.25, -0.2) is 0 Å². The summed E-state index contributed by atoms with van der Waals surface area (Å²) < 4.78 is 0. The molecular weight excluding hydrogens is 92.1 g/mol. The Labute approximate surface area is 42.8 Å². The van der Waals surface area contributed by atoms with Gasteiger partial charge in [-0.2, -0.15) is 0 Å². The van der Waals surface area contributed by atoms with Crippen molar-refractivity contribution in [2.24, 2.45) is 0 Å². The van der Waals surface area contributed by atoms with Crippen molar-refractivity contribution in [3.63, 3.8) is 0 Å². The van der Waals surface area contributed by atoms with Crippen molar-refractivity contribution in [1.29, 1.82) is 0 Å². The highest BCUT2D eigenvalue weighted by Crippen LogP contribution is 1.86. The van der Waals surface area contributed by atoms with Crippen molar-refractivity contribution in [2.75, 3.05) is 0 Å². The second kappa shape index (κ2) is 2.62. The molecule has 0 aliphatic heterocycles. The normalized spacial score (nSPS) is 17.4. The Morgan fingerprint density at radius 1 is 1.57 bits per heavy atom. The first-order valence-electron chi connectivity index (χ1n) is 2.00. The van der Waals surface area contributed by atoms with Crippen LogP contribution >= 0.6 is 0 Å². The summed E-state index contributed by atoms with van der Waals surface area (Å²) in [5.74, 6) is 1.97. The molecule has 0 aliphatic carbocycles. The molecule has 0 fully saturated rings. The SMILES string of the molecule is C#C[C@@H](O)[C@@H](C)O. The van der Waals surface area contributed by atoms with Crippen LogP contribution in [0, 0.1) is 12.3 Å². The van der Waals surface area contributed by atoms with Gasteiger partial charge >= 0.3 is 0 Å². The number of hydrogen-bond donors (Lipinski definition) is 2. The minimum absolute atomic E-state index is 0.815. The number of aliphatic hydroxyl groups excluding tert-OH is 2. The van der Waals surface area contributed by atoms with Crippen molar-refractivity contribution in [3.8, 4) is 12.3 Å². The molecule has 0 rings (SSSR count). The summed E-state index contributed by atoms with van der Waals surface area (Å²) in [6, 6.07) is 0. The first-order chi connectivity index (χ1) is 3.18. The van der Waals surface area contributed by atoms with Crippen LogP contribution in [-0.4, -0.2) is 22.4 Å². The van der Waals surface area contributed by atoms with Crippen LogP contribution in [0.3, 0.4) is 0 Å². The molecule has 0 spiro atoms. The molecular formula is C5H8O2. The van der Waals surface area contributed by atoms with Crippen LogP contribution in [0.2, 0.25) is 0 Å². The Kier molecular flexibility index (Phi) is 2.42. The van der Waals surface area contributed by atoms with Crippen LogP contribution in [0.25, 0.3) is 0 Å². The standard InChI is InChI=1S/C5H8O2/c1-3-5(7)4(2)6/h1,4-7H,2H3/t4-,5-/m1/s1. The fourth-order valence-electron chi connectivity index (χ4n) is 0.139. The third kappa shape index (κ3) is 2.21. The molecule has 0 saturated heterocycles. The zero-order valence-corrected chi connectivity index (χ0v) is 4.13. The maximum Gasteiger partial charge on any atom is 0.139 e. The molecule has 2 heteroatoms. The summed E-state index contributed by atoms with van der Waals surface area (Å²) >= 11 is 0. The molecule has 0 aliphatic rings. The molecule has 0 amide bonds. The van der Waals surface area contributed by atoms with Gasteiger partial charge in [0.25, 0.3) is 0 Å². The highest BCUT2D eigenvalue weighted by Gasteiger charge is 2.03. The van der Waals surface area contributed by atoms with Gasteiger partial charge in [0.05, 0.1) is 6.10 Å². The number of hydrogen-bond acceptors (Lipinski definition) is 2. The molecule has 2 atom stereocenters. The Morgan fingerprint density at radius 3 is 2.00 bits per heavy atom. The molecule has 0 heterocycles. The smallest absolute Gasteiger partial charge is 0.139 e. The summed E-state index contributed by atoms with van der Waals surface area (Å²) in [6.07, 6.45) is 2.88. The van der Waals surface area contributed by atoms with E-state index in [1.807, 2.05) is 5.92 Å². The average Bonchev–Trinajstić information content (AvgIpc) is 1.65. The number of rotatable bonds is 1. The lowest BCUT2D eigenvalue weighted by molar-refractivity contribution is 0.0678. The van der Waals surface area contributed by atoms with E-state index in [9.17, 15) is 0 Å². The van der Waals surface area contributed by atoms with E-state index in [0.29, 0.717) is 0 Å². The van der Waals surface area contributed by atoms with Crippen molar-refractivity contribution in [1.82, 2.24) is 0 Å². The third-order valence-corrected chi connectivity index (χ3v) is 0.628. The number of aliphatic hydroxyl groups is 2. The van der Waals surface area contributed by atoms with Gasteiger partial charge in [-0.05, 0) is 6.92 Å². The van der Waals surface area contributed by atoms with E-state index in [1.165, 1.54) is 6.92 Å². The highest BCUT2D eigenvalue weighted by molar-refractivity contribution is 4.95. The summed E-state index contributed by atoms with van der Waals surface area (Å²) in [6.45, 7) is 1.44. The zero-order valence-electron chi connectivity index (χ0n) is 4.13. The first kappa shape index (κ1) is 6.48. The van der Waals surface area contributed by atoms with E-state index in [4.69, 9.17) is 16.6 Å². The molecule has 0 unspecified atom stereocenters. The molecule has 40 valence electrons. The second-order valence-corrected chi connectivity index (χ2v) is 1.35. The summed E-state index contributed by atoms with van der Waals surface area (Å²) in [5.41, 5.74) is 0. The highest BCUT2D eigenvalue weighted by atomic mass is 16.3. The van der Waals surface area contributed by atoms with Crippen molar-refractivity contribution in [3.05, 3.63) is 0 Å². The topological polar surface area (TPSA) is 40.5 Å². The van der Waals surface area contributed by atoms with Crippen molar-refractivity contribution < 1.29 is 10.2 Å². The Bertz CT molecular complexity index is 80.6. The van der Waals surface area contributed by atoms with Crippen LogP contribution in [0.15, 0.2) is 0 Å². The Morgan fingerprint density at radius 2 is 2.00 bits per heavy atom. The third-order valence-electron chi connectivity index (χ3n) is 0.628. The molecule has 0 aromatic carbocycles. The van der Waals surface area contributed by atoms with Gasteiger partial charge in [-0.1, -0.05) is 5.92 Å². The molecule has 0 aromatic rings. The van der Waals surface area contributed by atoms with Gasteiger partial charge in [0, 0.05) is 0 Å². The van der Waals surface area contributed by atoms with E-state index in [2.05, 4.69) is 0 Å². The van der Waals surface area contributed by atoms with Crippen LogP contribution in [0.1, 0.15) is 6.92 Å². The van der Waals surface area contributed by atoms with Gasteiger partial charge in [-0.3, -0.25) is 0 Å². The van der Waals surface area contributed by atoms with Crippen molar-refractivity contribution >= 4 is 0 Å². The van der Waals surface area contributed by atoms with E-state index in [-0.39, 0.29) is 0 Å². The van der Waals surface area contributed by atoms with Crippen LogP contribution in [-0.2, 0) is 0 Å². The van der Waals surface area contributed by atoms with Crippen molar-refractivity contribution in [2.45, 2.75) is 19.1 Å². The predicted octanol–water partition coefficient (Wildman–Crippen LogP) is -0.639. The summed E-state index contributed by atoms with van der Waals surface area (Å²) in [4.78, 5) is 0. The zero-order chi connectivity index (χ0) is 5.86.